The summed E-state index contributed by atoms with van der Waals surface area (Å²) in [5, 5.41) is 5.42. The third kappa shape index (κ3) is 3.62. The summed E-state index contributed by atoms with van der Waals surface area (Å²) in [6, 6.07) is 8.70. The van der Waals surface area contributed by atoms with Gasteiger partial charge >= 0.3 is 0 Å². The van der Waals surface area contributed by atoms with E-state index in [-0.39, 0.29) is 0 Å². The Morgan fingerprint density at radius 3 is 2.81 bits per heavy atom. The Labute approximate surface area is 128 Å². The van der Waals surface area contributed by atoms with Crippen LogP contribution in [0, 0.1) is 0 Å². The molecular weight excluding hydrogens is 282 g/mol. The number of nitrogens with one attached hydrogen (secondary N) is 1. The second-order valence-corrected chi connectivity index (χ2v) is 6.17. The lowest BCUT2D eigenvalue weighted by Crippen LogP contribution is -2.21. The molecule has 0 aliphatic heterocycles. The number of hydrogen-bond donors (Lipinski definition) is 1. The van der Waals surface area contributed by atoms with Crippen LogP contribution in [-0.4, -0.2) is 15.4 Å². The minimum atomic E-state index is 0.496. The lowest BCUT2D eigenvalue weighted by molar-refractivity contribution is 0.302. The maximum Gasteiger partial charge on any atom is 0.193 e. The first-order chi connectivity index (χ1) is 10.2. The minimum Gasteiger partial charge on any atom is -0.487 e. The molecule has 0 unspecified atom stereocenters. The van der Waals surface area contributed by atoms with Crippen molar-refractivity contribution in [1.29, 1.82) is 0 Å². The van der Waals surface area contributed by atoms with E-state index < -0.39 is 0 Å². The molecule has 21 heavy (non-hydrogen) atoms. The molecule has 0 spiro atoms. The van der Waals surface area contributed by atoms with Gasteiger partial charge < -0.3 is 10.1 Å². The van der Waals surface area contributed by atoms with Crippen LogP contribution >= 0.6 is 11.3 Å². The van der Waals surface area contributed by atoms with Gasteiger partial charge in [0.15, 0.2) is 4.96 Å². The number of hydrogen-bond acceptors (Lipinski definition) is 4. The van der Waals surface area contributed by atoms with Crippen molar-refractivity contribution in [2.24, 2.45) is 0 Å². The fourth-order valence-corrected chi connectivity index (χ4v) is 2.75. The molecule has 2 heterocycles. The number of fused-ring (bicyclic) bond motifs is 1. The Morgan fingerprint density at radius 1 is 1.29 bits per heavy atom. The van der Waals surface area contributed by atoms with Gasteiger partial charge in [0.05, 0.1) is 5.69 Å². The van der Waals surface area contributed by atoms with Crippen molar-refractivity contribution in [2.45, 2.75) is 33.0 Å². The number of nitrogens with zero attached hydrogens (tertiary/aromatic N) is 2. The third-order valence-electron chi connectivity index (χ3n) is 3.17. The van der Waals surface area contributed by atoms with E-state index in [2.05, 4.69) is 36.3 Å². The molecule has 3 rings (SSSR count). The van der Waals surface area contributed by atoms with Gasteiger partial charge in [0, 0.05) is 30.4 Å². The van der Waals surface area contributed by atoms with Crippen LogP contribution < -0.4 is 10.1 Å². The summed E-state index contributed by atoms with van der Waals surface area (Å²) in [7, 11) is 0. The molecule has 3 aromatic rings. The maximum absolute atomic E-state index is 5.78. The Hall–Kier alpha value is -1.85. The molecule has 4 nitrogen and oxygen atoms in total. The van der Waals surface area contributed by atoms with Crippen molar-refractivity contribution in [2.75, 3.05) is 0 Å². The Balaban J connectivity index is 1.56. The normalized spacial score (nSPS) is 11.4. The number of rotatable bonds is 6. The fourth-order valence-electron chi connectivity index (χ4n) is 2.03. The highest BCUT2D eigenvalue weighted by Crippen LogP contribution is 2.16. The molecule has 0 aliphatic rings. The molecule has 0 saturated heterocycles. The van der Waals surface area contributed by atoms with E-state index in [1.165, 1.54) is 5.56 Å². The second-order valence-electron chi connectivity index (χ2n) is 5.29. The lowest BCUT2D eigenvalue weighted by Gasteiger charge is -2.09. The zero-order valence-corrected chi connectivity index (χ0v) is 13.1. The van der Waals surface area contributed by atoms with E-state index in [0.717, 1.165) is 22.9 Å². The number of ether oxygens (including phenoxy) is 1. The summed E-state index contributed by atoms with van der Waals surface area (Å²) >= 11 is 1.63. The molecule has 0 radical (unpaired) electrons. The summed E-state index contributed by atoms with van der Waals surface area (Å²) in [5.74, 6) is 0.875. The molecular formula is C16H19N3OS. The SMILES string of the molecule is CC(C)NCc1ccc(OCc2cn3ccsc3n2)cc1. The Morgan fingerprint density at radius 2 is 2.10 bits per heavy atom. The predicted octanol–water partition coefficient (Wildman–Crippen LogP) is 3.47. The number of aromatic nitrogens is 2. The molecule has 0 saturated carbocycles. The van der Waals surface area contributed by atoms with Crippen LogP contribution in [0.3, 0.4) is 0 Å². The standard InChI is InChI=1S/C16H19N3OS/c1-12(2)17-9-13-3-5-15(6-4-13)20-11-14-10-19-7-8-21-16(19)18-14/h3-8,10,12,17H,9,11H2,1-2H3. The van der Waals surface area contributed by atoms with E-state index in [4.69, 9.17) is 4.74 Å². The molecule has 1 aromatic carbocycles. The van der Waals surface area contributed by atoms with Gasteiger partial charge in [-0.05, 0) is 17.7 Å². The van der Waals surface area contributed by atoms with E-state index in [1.807, 2.05) is 34.3 Å². The van der Waals surface area contributed by atoms with Crippen molar-refractivity contribution < 1.29 is 4.74 Å². The molecule has 0 amide bonds. The highest BCUT2D eigenvalue weighted by molar-refractivity contribution is 7.15. The van der Waals surface area contributed by atoms with Crippen LogP contribution in [0.1, 0.15) is 25.1 Å². The van der Waals surface area contributed by atoms with Gasteiger partial charge in [-0.3, -0.25) is 4.40 Å². The van der Waals surface area contributed by atoms with Gasteiger partial charge in [0.2, 0.25) is 0 Å². The summed E-state index contributed by atoms with van der Waals surface area (Å²) in [5.41, 5.74) is 2.21. The van der Waals surface area contributed by atoms with E-state index >= 15 is 0 Å². The monoisotopic (exact) mass is 301 g/mol. The smallest absolute Gasteiger partial charge is 0.193 e. The molecule has 1 N–H and O–H groups in total. The van der Waals surface area contributed by atoms with Crippen molar-refractivity contribution in [3.63, 3.8) is 0 Å². The second kappa shape index (κ2) is 6.28. The van der Waals surface area contributed by atoms with Crippen LogP contribution in [0.2, 0.25) is 0 Å². The number of benzene rings is 1. The molecule has 0 bridgehead atoms. The topological polar surface area (TPSA) is 38.6 Å². The summed E-state index contributed by atoms with van der Waals surface area (Å²) in [6.07, 6.45) is 4.01. The lowest BCUT2D eigenvalue weighted by atomic mass is 10.2. The van der Waals surface area contributed by atoms with E-state index in [1.54, 1.807) is 11.3 Å². The van der Waals surface area contributed by atoms with Crippen molar-refractivity contribution in [3.05, 3.63) is 53.3 Å². The van der Waals surface area contributed by atoms with Crippen molar-refractivity contribution in [3.8, 4) is 5.75 Å². The first kappa shape index (κ1) is 14.1. The molecule has 110 valence electrons. The minimum absolute atomic E-state index is 0.496. The first-order valence-electron chi connectivity index (χ1n) is 7.07. The van der Waals surface area contributed by atoms with Crippen LogP contribution in [0.15, 0.2) is 42.0 Å². The molecule has 0 atom stereocenters. The van der Waals surface area contributed by atoms with Gasteiger partial charge in [-0.15, -0.1) is 11.3 Å². The number of thiazole rings is 1. The van der Waals surface area contributed by atoms with E-state index in [0.29, 0.717) is 12.6 Å². The third-order valence-corrected chi connectivity index (χ3v) is 3.94. The van der Waals surface area contributed by atoms with Gasteiger partial charge in [-0.1, -0.05) is 26.0 Å². The zero-order valence-electron chi connectivity index (χ0n) is 12.2. The van der Waals surface area contributed by atoms with E-state index in [9.17, 15) is 0 Å². The van der Waals surface area contributed by atoms with Crippen LogP contribution in [0.5, 0.6) is 5.75 Å². The maximum atomic E-state index is 5.78. The summed E-state index contributed by atoms with van der Waals surface area (Å²) in [6.45, 7) is 5.67. The number of imidazole rings is 1. The Kier molecular flexibility index (Phi) is 4.22. The van der Waals surface area contributed by atoms with Gasteiger partial charge in [0.1, 0.15) is 12.4 Å². The van der Waals surface area contributed by atoms with Crippen molar-refractivity contribution in [1.82, 2.24) is 14.7 Å². The van der Waals surface area contributed by atoms with Crippen molar-refractivity contribution >= 4 is 16.3 Å². The summed E-state index contributed by atoms with van der Waals surface area (Å²) in [4.78, 5) is 5.50. The molecule has 5 heteroatoms. The Bertz CT molecular complexity index is 671. The predicted molar refractivity (Wildman–Crippen MR) is 85.8 cm³/mol. The zero-order chi connectivity index (χ0) is 14.7. The quantitative estimate of drug-likeness (QED) is 0.757. The first-order valence-corrected chi connectivity index (χ1v) is 7.95. The highest BCUT2D eigenvalue weighted by atomic mass is 32.1. The average Bonchev–Trinajstić information content (AvgIpc) is 3.05. The molecule has 0 fully saturated rings. The highest BCUT2D eigenvalue weighted by Gasteiger charge is 2.03. The van der Waals surface area contributed by atoms with Gasteiger partial charge in [-0.2, -0.15) is 0 Å². The van der Waals surface area contributed by atoms with Gasteiger partial charge in [-0.25, -0.2) is 4.98 Å². The fraction of sp³-hybridized carbons (Fsp3) is 0.312. The largest absolute Gasteiger partial charge is 0.487 e. The van der Waals surface area contributed by atoms with Crippen LogP contribution in [-0.2, 0) is 13.2 Å². The molecule has 2 aromatic heterocycles. The van der Waals surface area contributed by atoms with Gasteiger partial charge in [0.25, 0.3) is 0 Å². The average molecular weight is 301 g/mol. The molecule has 0 aliphatic carbocycles. The van der Waals surface area contributed by atoms with Crippen LogP contribution in [0.25, 0.3) is 4.96 Å². The van der Waals surface area contributed by atoms with Crippen LogP contribution in [0.4, 0.5) is 0 Å². The summed E-state index contributed by atoms with van der Waals surface area (Å²) < 4.78 is 7.80.